The number of carbonyl (C=O) groups is 1. The number of aromatic amines is 1. The van der Waals surface area contributed by atoms with Gasteiger partial charge in [-0.15, -0.1) is 0 Å². The molecule has 2 aliphatic heterocycles. The molecule has 2 aliphatic rings. The van der Waals surface area contributed by atoms with Gasteiger partial charge in [0, 0.05) is 63.0 Å². The number of carbonyl (C=O) groups excluding carboxylic acids is 1. The van der Waals surface area contributed by atoms with Crippen molar-refractivity contribution in [3.8, 4) is 5.75 Å². The molecule has 1 aromatic carbocycles. The van der Waals surface area contributed by atoms with Crippen LogP contribution < -0.4 is 10.3 Å². The lowest BCUT2D eigenvalue weighted by Crippen LogP contribution is -2.36. The molecule has 0 saturated carbocycles. The Labute approximate surface area is 192 Å². The summed E-state index contributed by atoms with van der Waals surface area (Å²) in [5.41, 5.74) is 3.23. The van der Waals surface area contributed by atoms with Crippen LogP contribution in [-0.2, 0) is 19.5 Å². The topological polar surface area (TPSA) is 91.4 Å². The zero-order valence-corrected chi connectivity index (χ0v) is 18.7. The summed E-state index contributed by atoms with van der Waals surface area (Å²) in [5.74, 6) is 1.56. The van der Waals surface area contributed by atoms with E-state index >= 15 is 0 Å². The number of rotatable bonds is 5. The van der Waals surface area contributed by atoms with Crippen molar-refractivity contribution in [3.63, 3.8) is 0 Å². The predicted molar refractivity (Wildman–Crippen MR) is 123 cm³/mol. The van der Waals surface area contributed by atoms with Crippen molar-refractivity contribution < 1.29 is 9.53 Å². The minimum absolute atomic E-state index is 0.0297. The number of para-hydroxylation sites is 1. The van der Waals surface area contributed by atoms with Crippen molar-refractivity contribution in [2.24, 2.45) is 0 Å². The van der Waals surface area contributed by atoms with Crippen LogP contribution in [0, 0.1) is 0 Å². The second-order valence-corrected chi connectivity index (χ2v) is 8.63. The van der Waals surface area contributed by atoms with E-state index < -0.39 is 0 Å². The van der Waals surface area contributed by atoms with Gasteiger partial charge in [-0.3, -0.25) is 19.5 Å². The molecule has 0 spiro atoms. The van der Waals surface area contributed by atoms with Gasteiger partial charge in [0.15, 0.2) is 0 Å². The fourth-order valence-corrected chi connectivity index (χ4v) is 4.74. The number of hydrogen-bond acceptors (Lipinski definition) is 6. The van der Waals surface area contributed by atoms with Gasteiger partial charge < -0.3 is 14.6 Å². The highest BCUT2D eigenvalue weighted by Gasteiger charge is 2.31. The van der Waals surface area contributed by atoms with Crippen LogP contribution in [0.25, 0.3) is 0 Å². The third kappa shape index (κ3) is 4.39. The Morgan fingerprint density at radius 1 is 1.21 bits per heavy atom. The van der Waals surface area contributed by atoms with E-state index in [4.69, 9.17) is 9.72 Å². The number of ether oxygens (including phenoxy) is 1. The van der Waals surface area contributed by atoms with Crippen LogP contribution in [0.5, 0.6) is 5.75 Å². The van der Waals surface area contributed by atoms with E-state index in [0.29, 0.717) is 31.0 Å². The lowest BCUT2D eigenvalue weighted by molar-refractivity contribution is 0.0790. The largest absolute Gasteiger partial charge is 0.496 e. The number of likely N-dealkylation sites (tertiary alicyclic amines) is 1. The van der Waals surface area contributed by atoms with E-state index in [1.54, 1.807) is 31.6 Å². The predicted octanol–water partition coefficient (Wildman–Crippen LogP) is 2.36. The molecule has 4 heterocycles. The number of hydrogen-bond donors (Lipinski definition) is 1. The fraction of sp³-hybridized carbons (Fsp3) is 0.360. The quantitative estimate of drug-likeness (QED) is 0.648. The first kappa shape index (κ1) is 21.3. The van der Waals surface area contributed by atoms with E-state index in [-0.39, 0.29) is 17.4 Å². The first-order valence-corrected chi connectivity index (χ1v) is 11.3. The van der Waals surface area contributed by atoms with Crippen LogP contribution in [0.2, 0.25) is 0 Å². The lowest BCUT2D eigenvalue weighted by Gasteiger charge is -2.28. The SMILES string of the molecule is COc1ccccc1CN1CCc2nc([C@H]3CCN(C(=O)c4cccnc4)C3)[nH]c(=O)c2C1. The molecular weight excluding hydrogens is 418 g/mol. The molecule has 33 heavy (non-hydrogen) atoms. The molecule has 1 saturated heterocycles. The van der Waals surface area contributed by atoms with E-state index in [0.717, 1.165) is 48.5 Å². The zero-order chi connectivity index (χ0) is 22.8. The van der Waals surface area contributed by atoms with Crippen molar-refractivity contribution in [1.29, 1.82) is 0 Å². The summed E-state index contributed by atoms with van der Waals surface area (Å²) in [7, 11) is 1.68. The summed E-state index contributed by atoms with van der Waals surface area (Å²) in [4.78, 5) is 41.7. The molecule has 3 aromatic rings. The fourth-order valence-electron chi connectivity index (χ4n) is 4.74. The van der Waals surface area contributed by atoms with E-state index in [1.807, 2.05) is 23.1 Å². The van der Waals surface area contributed by atoms with Gasteiger partial charge in [0.25, 0.3) is 11.5 Å². The Morgan fingerprint density at radius 2 is 2.09 bits per heavy atom. The summed E-state index contributed by atoms with van der Waals surface area (Å²) in [6.07, 6.45) is 4.76. The Kier molecular flexibility index (Phi) is 5.92. The van der Waals surface area contributed by atoms with Gasteiger partial charge in [-0.05, 0) is 24.6 Å². The standard InChI is InChI=1S/C25H27N5O3/c1-33-22-7-3-2-5-18(22)14-29-11-9-21-20(16-29)24(31)28-23(27-21)19-8-12-30(15-19)25(32)17-6-4-10-26-13-17/h2-7,10,13,19H,8-9,11-12,14-16H2,1H3,(H,27,28,31)/t19-/m0/s1. The summed E-state index contributed by atoms with van der Waals surface area (Å²) in [5, 5.41) is 0. The van der Waals surface area contributed by atoms with Gasteiger partial charge in [-0.1, -0.05) is 18.2 Å². The van der Waals surface area contributed by atoms with Crippen molar-refractivity contribution in [3.05, 3.63) is 87.4 Å². The maximum absolute atomic E-state index is 13.0. The molecule has 0 unspecified atom stereocenters. The minimum Gasteiger partial charge on any atom is -0.496 e. The summed E-state index contributed by atoms with van der Waals surface area (Å²) in [6.45, 7) is 3.31. The number of nitrogens with one attached hydrogen (secondary N) is 1. The van der Waals surface area contributed by atoms with Crippen LogP contribution in [0.3, 0.4) is 0 Å². The van der Waals surface area contributed by atoms with Crippen molar-refractivity contribution in [1.82, 2.24) is 24.8 Å². The molecule has 0 aliphatic carbocycles. The summed E-state index contributed by atoms with van der Waals surface area (Å²) >= 11 is 0. The first-order valence-electron chi connectivity index (χ1n) is 11.3. The van der Waals surface area contributed by atoms with Crippen LogP contribution in [0.1, 0.15) is 45.3 Å². The average Bonchev–Trinajstić information content (AvgIpc) is 3.35. The Hall–Kier alpha value is -3.52. The van der Waals surface area contributed by atoms with Gasteiger partial charge in [0.2, 0.25) is 0 Å². The van der Waals surface area contributed by atoms with Crippen molar-refractivity contribution in [2.45, 2.75) is 31.8 Å². The van der Waals surface area contributed by atoms with Gasteiger partial charge in [-0.2, -0.15) is 0 Å². The maximum atomic E-state index is 13.0. The molecule has 8 nitrogen and oxygen atoms in total. The number of benzene rings is 1. The Morgan fingerprint density at radius 3 is 2.91 bits per heavy atom. The molecule has 5 rings (SSSR count). The molecule has 1 N–H and O–H groups in total. The highest BCUT2D eigenvalue weighted by atomic mass is 16.5. The molecule has 2 aromatic heterocycles. The van der Waals surface area contributed by atoms with Crippen LogP contribution >= 0.6 is 0 Å². The lowest BCUT2D eigenvalue weighted by atomic mass is 10.0. The Balaban J connectivity index is 1.29. The van der Waals surface area contributed by atoms with E-state index in [2.05, 4.69) is 20.9 Å². The van der Waals surface area contributed by atoms with Crippen LogP contribution in [0.4, 0.5) is 0 Å². The number of fused-ring (bicyclic) bond motifs is 1. The first-order chi connectivity index (χ1) is 16.1. The minimum atomic E-state index is -0.0724. The smallest absolute Gasteiger partial charge is 0.255 e. The molecular formula is C25H27N5O3. The molecule has 8 heteroatoms. The number of H-pyrrole nitrogens is 1. The maximum Gasteiger partial charge on any atom is 0.255 e. The number of amides is 1. The summed E-state index contributed by atoms with van der Waals surface area (Å²) < 4.78 is 5.47. The monoisotopic (exact) mass is 445 g/mol. The molecule has 0 radical (unpaired) electrons. The number of nitrogens with zero attached hydrogens (tertiary/aromatic N) is 4. The molecule has 170 valence electrons. The van der Waals surface area contributed by atoms with Crippen molar-refractivity contribution in [2.75, 3.05) is 26.7 Å². The van der Waals surface area contributed by atoms with E-state index in [9.17, 15) is 9.59 Å². The number of pyridine rings is 1. The molecule has 1 amide bonds. The van der Waals surface area contributed by atoms with Gasteiger partial charge >= 0.3 is 0 Å². The molecule has 0 bridgehead atoms. The second-order valence-electron chi connectivity index (χ2n) is 8.63. The third-order valence-electron chi connectivity index (χ3n) is 6.52. The highest BCUT2D eigenvalue weighted by molar-refractivity contribution is 5.94. The Bertz CT molecular complexity index is 1210. The molecule has 1 atom stereocenters. The second kappa shape index (κ2) is 9.15. The third-order valence-corrected chi connectivity index (χ3v) is 6.52. The number of aromatic nitrogens is 3. The molecule has 1 fully saturated rings. The van der Waals surface area contributed by atoms with Crippen molar-refractivity contribution >= 4 is 5.91 Å². The van der Waals surface area contributed by atoms with Gasteiger partial charge in [0.05, 0.1) is 23.9 Å². The average molecular weight is 446 g/mol. The van der Waals surface area contributed by atoms with Gasteiger partial charge in [-0.25, -0.2) is 4.98 Å². The summed E-state index contributed by atoms with van der Waals surface area (Å²) in [6, 6.07) is 11.5. The zero-order valence-electron chi connectivity index (χ0n) is 18.7. The highest BCUT2D eigenvalue weighted by Crippen LogP contribution is 2.27. The normalized spacial score (nSPS) is 18.2. The van der Waals surface area contributed by atoms with E-state index in [1.165, 1.54) is 0 Å². The number of methoxy groups -OCH3 is 1. The van der Waals surface area contributed by atoms with Crippen LogP contribution in [0.15, 0.2) is 53.6 Å². The van der Waals surface area contributed by atoms with Gasteiger partial charge in [0.1, 0.15) is 11.6 Å². The van der Waals surface area contributed by atoms with Crippen LogP contribution in [-0.4, -0.2) is 57.4 Å².